The molecule has 0 saturated heterocycles. The van der Waals surface area contributed by atoms with E-state index in [-0.39, 0.29) is 11.7 Å². The highest BCUT2D eigenvalue weighted by Gasteiger charge is 2.23. The summed E-state index contributed by atoms with van der Waals surface area (Å²) in [6.45, 7) is 1.20. The molecule has 3 rings (SSSR count). The smallest absolute Gasteiger partial charge is 0.147 e. The third-order valence-electron chi connectivity index (χ3n) is 3.29. The average molecular weight is 278 g/mol. The molecule has 98 valence electrons. The molecule has 2 nitrogen and oxygen atoms in total. The van der Waals surface area contributed by atoms with Gasteiger partial charge in [0.2, 0.25) is 0 Å². The fourth-order valence-corrected chi connectivity index (χ4v) is 2.52. The SMILES string of the molecule is Fc1cccc(Cl)c1NCC1COc2ccccc21. The Labute approximate surface area is 116 Å². The van der Waals surface area contributed by atoms with Gasteiger partial charge in [-0.15, -0.1) is 0 Å². The number of nitrogens with one attached hydrogen (secondary N) is 1. The molecule has 1 N–H and O–H groups in total. The molecule has 0 radical (unpaired) electrons. The highest BCUT2D eigenvalue weighted by Crippen LogP contribution is 2.34. The van der Waals surface area contributed by atoms with E-state index < -0.39 is 0 Å². The first-order chi connectivity index (χ1) is 9.25. The molecule has 0 spiro atoms. The molecular weight excluding hydrogens is 265 g/mol. The molecule has 1 unspecified atom stereocenters. The predicted molar refractivity (Wildman–Crippen MR) is 74.6 cm³/mol. The first-order valence-electron chi connectivity index (χ1n) is 6.15. The van der Waals surface area contributed by atoms with E-state index in [0.29, 0.717) is 23.9 Å². The van der Waals surface area contributed by atoms with Crippen LogP contribution in [-0.2, 0) is 0 Å². The van der Waals surface area contributed by atoms with E-state index in [2.05, 4.69) is 5.32 Å². The summed E-state index contributed by atoms with van der Waals surface area (Å²) in [6.07, 6.45) is 0. The van der Waals surface area contributed by atoms with Crippen molar-refractivity contribution in [1.29, 1.82) is 0 Å². The highest BCUT2D eigenvalue weighted by atomic mass is 35.5. The molecule has 0 aliphatic carbocycles. The second-order valence-corrected chi connectivity index (χ2v) is 4.93. The van der Waals surface area contributed by atoms with Gasteiger partial charge < -0.3 is 10.1 Å². The van der Waals surface area contributed by atoms with Crippen LogP contribution in [0.15, 0.2) is 42.5 Å². The molecule has 1 atom stereocenters. The number of para-hydroxylation sites is 2. The number of ether oxygens (including phenoxy) is 1. The number of halogens is 2. The number of hydrogen-bond donors (Lipinski definition) is 1. The topological polar surface area (TPSA) is 21.3 Å². The molecule has 0 saturated carbocycles. The molecule has 2 aromatic carbocycles. The molecule has 4 heteroatoms. The summed E-state index contributed by atoms with van der Waals surface area (Å²) in [5.41, 5.74) is 1.51. The normalized spacial score (nSPS) is 16.8. The number of fused-ring (bicyclic) bond motifs is 1. The fourth-order valence-electron chi connectivity index (χ4n) is 2.29. The largest absolute Gasteiger partial charge is 0.493 e. The Hall–Kier alpha value is -1.74. The van der Waals surface area contributed by atoms with E-state index in [1.54, 1.807) is 12.1 Å². The van der Waals surface area contributed by atoms with E-state index in [0.717, 1.165) is 11.3 Å². The second kappa shape index (κ2) is 5.10. The second-order valence-electron chi connectivity index (χ2n) is 4.52. The first kappa shape index (κ1) is 12.3. The molecule has 1 aliphatic heterocycles. The van der Waals surface area contributed by atoms with Crippen LogP contribution in [0.3, 0.4) is 0 Å². The van der Waals surface area contributed by atoms with Crippen LogP contribution in [0.5, 0.6) is 5.75 Å². The molecule has 0 bridgehead atoms. The van der Waals surface area contributed by atoms with Crippen LogP contribution >= 0.6 is 11.6 Å². The lowest BCUT2D eigenvalue weighted by Crippen LogP contribution is -2.14. The standard InChI is InChI=1S/C15H13ClFNO/c16-12-5-3-6-13(17)15(12)18-8-10-9-19-14-7-2-1-4-11(10)14/h1-7,10,18H,8-9H2. The van der Waals surface area contributed by atoms with Crippen LogP contribution < -0.4 is 10.1 Å². The lowest BCUT2D eigenvalue weighted by molar-refractivity contribution is 0.334. The Morgan fingerprint density at radius 1 is 1.21 bits per heavy atom. The van der Waals surface area contributed by atoms with Crippen LogP contribution in [0.4, 0.5) is 10.1 Å². The quantitative estimate of drug-likeness (QED) is 0.913. The number of hydrogen-bond acceptors (Lipinski definition) is 2. The van der Waals surface area contributed by atoms with E-state index in [4.69, 9.17) is 16.3 Å². The summed E-state index contributed by atoms with van der Waals surface area (Å²) >= 11 is 5.98. The maximum atomic E-state index is 13.6. The molecule has 1 heterocycles. The molecule has 0 amide bonds. The van der Waals surface area contributed by atoms with Gasteiger partial charge in [0.05, 0.1) is 17.3 Å². The van der Waals surface area contributed by atoms with Crippen LogP contribution in [0.2, 0.25) is 5.02 Å². The van der Waals surface area contributed by atoms with Gasteiger partial charge >= 0.3 is 0 Å². The van der Waals surface area contributed by atoms with Crippen molar-refractivity contribution in [1.82, 2.24) is 0 Å². The van der Waals surface area contributed by atoms with E-state index in [1.807, 2.05) is 24.3 Å². The van der Waals surface area contributed by atoms with Crippen LogP contribution in [0, 0.1) is 5.82 Å². The molecular formula is C15H13ClFNO. The zero-order chi connectivity index (χ0) is 13.2. The molecule has 2 aromatic rings. The van der Waals surface area contributed by atoms with E-state index in [9.17, 15) is 4.39 Å². The zero-order valence-corrected chi connectivity index (χ0v) is 11.0. The van der Waals surface area contributed by atoms with Gasteiger partial charge in [0, 0.05) is 18.0 Å². The van der Waals surface area contributed by atoms with Crippen molar-refractivity contribution < 1.29 is 9.13 Å². The maximum absolute atomic E-state index is 13.6. The Morgan fingerprint density at radius 2 is 2.05 bits per heavy atom. The fraction of sp³-hybridized carbons (Fsp3) is 0.200. The summed E-state index contributed by atoms with van der Waals surface area (Å²) in [5.74, 6) is 0.792. The van der Waals surface area contributed by atoms with Gasteiger partial charge in [0.15, 0.2) is 0 Å². The van der Waals surface area contributed by atoms with Crippen molar-refractivity contribution in [3.05, 3.63) is 58.9 Å². The third kappa shape index (κ3) is 2.38. The van der Waals surface area contributed by atoms with Crippen molar-refractivity contribution in [3.63, 3.8) is 0 Å². The van der Waals surface area contributed by atoms with Crippen molar-refractivity contribution in [2.45, 2.75) is 5.92 Å². The van der Waals surface area contributed by atoms with Gasteiger partial charge in [-0.2, -0.15) is 0 Å². The summed E-state index contributed by atoms with van der Waals surface area (Å²) in [4.78, 5) is 0. The van der Waals surface area contributed by atoms with Gasteiger partial charge in [-0.1, -0.05) is 35.9 Å². The van der Waals surface area contributed by atoms with Crippen LogP contribution in [-0.4, -0.2) is 13.2 Å². The number of anilines is 1. The van der Waals surface area contributed by atoms with Gasteiger partial charge in [-0.05, 0) is 18.2 Å². The number of benzene rings is 2. The molecule has 1 aliphatic rings. The molecule has 19 heavy (non-hydrogen) atoms. The Bertz CT molecular complexity index is 582. The van der Waals surface area contributed by atoms with Crippen molar-refractivity contribution in [3.8, 4) is 5.75 Å². The molecule has 0 fully saturated rings. The summed E-state index contributed by atoms with van der Waals surface area (Å²) in [7, 11) is 0. The highest BCUT2D eigenvalue weighted by molar-refractivity contribution is 6.33. The van der Waals surface area contributed by atoms with Gasteiger partial charge in [0.1, 0.15) is 11.6 Å². The van der Waals surface area contributed by atoms with E-state index >= 15 is 0 Å². The Morgan fingerprint density at radius 3 is 2.89 bits per heavy atom. The monoisotopic (exact) mass is 277 g/mol. The Balaban J connectivity index is 1.75. The summed E-state index contributed by atoms with van der Waals surface area (Å²) < 4.78 is 19.2. The lowest BCUT2D eigenvalue weighted by atomic mass is 10.0. The maximum Gasteiger partial charge on any atom is 0.147 e. The van der Waals surface area contributed by atoms with Crippen molar-refractivity contribution >= 4 is 17.3 Å². The average Bonchev–Trinajstić information content (AvgIpc) is 2.82. The van der Waals surface area contributed by atoms with Gasteiger partial charge in [-0.3, -0.25) is 0 Å². The predicted octanol–water partition coefficient (Wildman–Crippen LogP) is 4.07. The Kier molecular flexibility index (Phi) is 3.30. The minimum absolute atomic E-state index is 0.215. The first-order valence-corrected chi connectivity index (χ1v) is 6.53. The summed E-state index contributed by atoms with van der Waals surface area (Å²) in [6, 6.07) is 12.6. The third-order valence-corrected chi connectivity index (χ3v) is 3.60. The van der Waals surface area contributed by atoms with Crippen LogP contribution in [0.1, 0.15) is 11.5 Å². The number of rotatable bonds is 3. The van der Waals surface area contributed by atoms with Crippen molar-refractivity contribution in [2.75, 3.05) is 18.5 Å². The molecule has 0 aromatic heterocycles. The minimum Gasteiger partial charge on any atom is -0.493 e. The van der Waals surface area contributed by atoms with Crippen LogP contribution in [0.25, 0.3) is 0 Å². The minimum atomic E-state index is -0.334. The summed E-state index contributed by atoms with van der Waals surface area (Å²) in [5, 5.41) is 3.47. The van der Waals surface area contributed by atoms with Gasteiger partial charge in [-0.25, -0.2) is 4.39 Å². The van der Waals surface area contributed by atoms with Crippen molar-refractivity contribution in [2.24, 2.45) is 0 Å². The van der Waals surface area contributed by atoms with Gasteiger partial charge in [0.25, 0.3) is 0 Å². The lowest BCUT2D eigenvalue weighted by Gasteiger charge is -2.13. The van der Waals surface area contributed by atoms with E-state index in [1.165, 1.54) is 6.07 Å². The zero-order valence-electron chi connectivity index (χ0n) is 10.2.